The van der Waals surface area contributed by atoms with Crippen LogP contribution in [0.1, 0.15) is 52.4 Å². The minimum atomic E-state index is -1.23. The van der Waals surface area contributed by atoms with Crippen molar-refractivity contribution < 1.29 is 14.3 Å². The molecule has 17 heavy (non-hydrogen) atoms. The van der Waals surface area contributed by atoms with Crippen molar-refractivity contribution in [2.24, 2.45) is 5.41 Å². The molecule has 4 aliphatic rings. The molecule has 1 unspecified atom stereocenters. The van der Waals surface area contributed by atoms with Crippen molar-refractivity contribution >= 4 is 11.6 Å². The van der Waals surface area contributed by atoms with Crippen LogP contribution in [0.3, 0.4) is 0 Å². The molecule has 2 heterocycles. The molecular weight excluding hydrogens is 216 g/mol. The van der Waals surface area contributed by atoms with E-state index in [0.717, 1.165) is 30.4 Å². The number of hydrogen-bond acceptors (Lipinski definition) is 2. The SMILES string of the molecule is CCC12C(=O)CC3(CCC(C)(CC3)[N+]1=[N-])C2=O. The summed E-state index contributed by atoms with van der Waals surface area (Å²) in [7, 11) is 0. The van der Waals surface area contributed by atoms with Gasteiger partial charge in [-0.15, -0.1) is 0 Å². The maximum Gasteiger partial charge on any atom is 0.268 e. The maximum atomic E-state index is 12.7. The highest BCUT2D eigenvalue weighted by atomic mass is 16.2. The number of nitrogens with zero attached hydrogens (tertiary/aromatic N) is 2. The smallest absolute Gasteiger partial charge is 0.268 e. The van der Waals surface area contributed by atoms with Gasteiger partial charge in [0.05, 0.1) is 0 Å². The third-order valence-corrected chi connectivity index (χ3v) is 5.49. The van der Waals surface area contributed by atoms with E-state index in [9.17, 15) is 15.1 Å². The van der Waals surface area contributed by atoms with Crippen LogP contribution in [-0.2, 0) is 9.59 Å². The molecule has 0 aromatic carbocycles. The quantitative estimate of drug-likeness (QED) is 0.515. The van der Waals surface area contributed by atoms with E-state index >= 15 is 0 Å². The van der Waals surface area contributed by atoms with E-state index < -0.39 is 16.5 Å². The minimum absolute atomic E-state index is 0.0128. The lowest BCUT2D eigenvalue weighted by atomic mass is 9.67. The summed E-state index contributed by atoms with van der Waals surface area (Å²) in [5, 5.41) is 0. The van der Waals surface area contributed by atoms with Crippen LogP contribution in [0.15, 0.2) is 0 Å². The molecule has 2 saturated heterocycles. The van der Waals surface area contributed by atoms with Gasteiger partial charge in [0.15, 0.2) is 0 Å². The molecule has 0 radical (unpaired) electrons. The van der Waals surface area contributed by atoms with Crippen LogP contribution in [0.25, 0.3) is 5.53 Å². The Labute approximate surface area is 101 Å². The second kappa shape index (κ2) is 2.85. The van der Waals surface area contributed by atoms with Gasteiger partial charge in [-0.25, -0.2) is 0 Å². The summed E-state index contributed by atoms with van der Waals surface area (Å²) in [6.07, 6.45) is 3.86. The maximum absolute atomic E-state index is 12.7. The normalized spacial score (nSPS) is 48.7. The van der Waals surface area contributed by atoms with Gasteiger partial charge in [-0.2, -0.15) is 0 Å². The summed E-state index contributed by atoms with van der Waals surface area (Å²) in [6.45, 7) is 3.80. The van der Waals surface area contributed by atoms with Crippen LogP contribution < -0.4 is 0 Å². The molecule has 0 aromatic heterocycles. The molecule has 2 aliphatic carbocycles. The van der Waals surface area contributed by atoms with Crippen molar-refractivity contribution in [3.05, 3.63) is 5.53 Å². The van der Waals surface area contributed by atoms with E-state index in [0.29, 0.717) is 12.8 Å². The summed E-state index contributed by atoms with van der Waals surface area (Å²) < 4.78 is 1.13. The highest BCUT2D eigenvalue weighted by molar-refractivity contribution is 6.19. The first-order valence-electron chi connectivity index (χ1n) is 6.49. The summed E-state index contributed by atoms with van der Waals surface area (Å²) in [5.74, 6) is -0.0839. The number of ketones is 2. The lowest BCUT2D eigenvalue weighted by Crippen LogP contribution is -2.56. The second-order valence-electron chi connectivity index (χ2n) is 6.23. The largest absolute Gasteiger partial charge is 0.505 e. The van der Waals surface area contributed by atoms with E-state index in [2.05, 4.69) is 0 Å². The topological polar surface area (TPSA) is 59.4 Å². The molecular formula is C13H18N2O2. The zero-order valence-corrected chi connectivity index (χ0v) is 10.5. The Bertz CT molecular complexity index is 446. The van der Waals surface area contributed by atoms with Crippen LogP contribution in [-0.4, -0.2) is 27.3 Å². The summed E-state index contributed by atoms with van der Waals surface area (Å²) in [5.41, 5.74) is 8.41. The molecule has 0 aromatic rings. The van der Waals surface area contributed by atoms with Gasteiger partial charge < -0.3 is 5.53 Å². The third kappa shape index (κ3) is 0.964. The molecule has 0 amide bonds. The fraction of sp³-hybridized carbons (Fsp3) is 0.846. The van der Waals surface area contributed by atoms with Gasteiger partial charge in [-0.05, 0) is 19.8 Å². The first-order valence-corrected chi connectivity index (χ1v) is 6.49. The lowest BCUT2D eigenvalue weighted by Gasteiger charge is -2.40. The Morgan fingerprint density at radius 3 is 2.35 bits per heavy atom. The molecule has 2 saturated carbocycles. The second-order valence-corrected chi connectivity index (χ2v) is 6.23. The Hall–Kier alpha value is -1.06. The number of carbonyl (C=O) groups excluding carboxylic acids is 2. The Balaban J connectivity index is 2.28. The van der Waals surface area contributed by atoms with Crippen molar-refractivity contribution in [3.8, 4) is 0 Å². The molecule has 4 heteroatoms. The van der Waals surface area contributed by atoms with Crippen molar-refractivity contribution in [2.45, 2.75) is 63.5 Å². The number of rotatable bonds is 1. The fourth-order valence-corrected chi connectivity index (χ4v) is 4.16. The Morgan fingerprint density at radius 1 is 1.24 bits per heavy atom. The summed E-state index contributed by atoms with van der Waals surface area (Å²) in [6, 6.07) is 0. The first kappa shape index (κ1) is 11.1. The third-order valence-electron chi connectivity index (χ3n) is 5.49. The van der Waals surface area contributed by atoms with E-state index in [4.69, 9.17) is 0 Å². The predicted octanol–water partition coefficient (Wildman–Crippen LogP) is 2.04. The molecule has 3 bridgehead atoms. The monoisotopic (exact) mass is 234 g/mol. The van der Waals surface area contributed by atoms with Crippen molar-refractivity contribution in [1.29, 1.82) is 0 Å². The Kier molecular flexibility index (Phi) is 1.85. The van der Waals surface area contributed by atoms with Gasteiger partial charge in [-0.1, -0.05) is 6.92 Å². The van der Waals surface area contributed by atoms with Crippen LogP contribution in [0, 0.1) is 5.41 Å². The van der Waals surface area contributed by atoms with Gasteiger partial charge in [-0.3, -0.25) is 14.3 Å². The summed E-state index contributed by atoms with van der Waals surface area (Å²) >= 11 is 0. The Morgan fingerprint density at radius 2 is 1.82 bits per heavy atom. The number of Topliss-reactive ketones (excluding diaryl/α,β-unsaturated/α-hetero) is 2. The molecule has 92 valence electrons. The standard InChI is InChI=1S/C13H18N2O2/c1-3-13-9(16)8-12(10(13)17)6-4-11(2,5-7-12)15(13)14/h3-8H2,1-2H3. The van der Waals surface area contributed by atoms with E-state index in [-0.39, 0.29) is 11.6 Å². The molecule has 2 aliphatic heterocycles. The first-order chi connectivity index (χ1) is 7.91. The van der Waals surface area contributed by atoms with Crippen molar-refractivity contribution in [2.75, 3.05) is 0 Å². The highest BCUT2D eigenvalue weighted by Crippen LogP contribution is 2.58. The zero-order valence-electron chi connectivity index (χ0n) is 10.5. The van der Waals surface area contributed by atoms with Crippen molar-refractivity contribution in [3.63, 3.8) is 0 Å². The van der Waals surface area contributed by atoms with Gasteiger partial charge in [0.2, 0.25) is 11.6 Å². The highest BCUT2D eigenvalue weighted by Gasteiger charge is 2.73. The molecule has 4 nitrogen and oxygen atoms in total. The predicted molar refractivity (Wildman–Crippen MR) is 60.6 cm³/mol. The van der Waals surface area contributed by atoms with Crippen LogP contribution in [0.2, 0.25) is 0 Å². The van der Waals surface area contributed by atoms with Crippen LogP contribution in [0.5, 0.6) is 0 Å². The van der Waals surface area contributed by atoms with Crippen LogP contribution in [0.4, 0.5) is 0 Å². The van der Waals surface area contributed by atoms with Crippen LogP contribution >= 0.6 is 0 Å². The molecule has 4 fully saturated rings. The minimum Gasteiger partial charge on any atom is -0.505 e. The molecule has 1 atom stereocenters. The average Bonchev–Trinajstić information content (AvgIpc) is 2.45. The average molecular weight is 234 g/mol. The van der Waals surface area contributed by atoms with Gasteiger partial charge in [0.1, 0.15) is 5.54 Å². The van der Waals surface area contributed by atoms with E-state index in [1.54, 1.807) is 0 Å². The lowest BCUT2D eigenvalue weighted by molar-refractivity contribution is -0.665. The van der Waals surface area contributed by atoms with Gasteiger partial charge in [0, 0.05) is 31.1 Å². The van der Waals surface area contributed by atoms with Crippen molar-refractivity contribution in [1.82, 2.24) is 0 Å². The fourth-order valence-electron chi connectivity index (χ4n) is 4.16. The number of hydrogen-bond donors (Lipinski definition) is 0. The van der Waals surface area contributed by atoms with Gasteiger partial charge >= 0.3 is 0 Å². The number of fused-ring (bicyclic) bond motifs is 2. The zero-order chi connectivity index (χ0) is 12.5. The van der Waals surface area contributed by atoms with Gasteiger partial charge in [0.25, 0.3) is 5.54 Å². The molecule has 0 N–H and O–H groups in total. The number of carbonyl (C=O) groups is 2. The summed E-state index contributed by atoms with van der Waals surface area (Å²) in [4.78, 5) is 25.0. The van der Waals surface area contributed by atoms with E-state index in [1.807, 2.05) is 13.8 Å². The molecule has 4 rings (SSSR count). The molecule has 1 spiro atoms. The van der Waals surface area contributed by atoms with E-state index in [1.165, 1.54) is 0 Å².